The van der Waals surface area contributed by atoms with E-state index in [0.717, 1.165) is 18.4 Å². The molecule has 1 saturated carbocycles. The molecule has 1 aliphatic carbocycles. The molecule has 0 radical (unpaired) electrons. The lowest BCUT2D eigenvalue weighted by atomic mass is 10.0. The molecule has 1 fully saturated rings. The van der Waals surface area contributed by atoms with E-state index in [9.17, 15) is 0 Å². The number of hydrogen-bond donors (Lipinski definition) is 0. The smallest absolute Gasteiger partial charge is 0.0518 e. The Morgan fingerprint density at radius 1 is 1.33 bits per heavy atom. The summed E-state index contributed by atoms with van der Waals surface area (Å²) in [6.07, 6.45) is 5.99. The lowest BCUT2D eigenvalue weighted by Crippen LogP contribution is -2.07. The minimum absolute atomic E-state index is 0.406. The van der Waals surface area contributed by atoms with Crippen molar-refractivity contribution in [2.24, 2.45) is 11.8 Å². The number of hydrogen-bond acceptors (Lipinski definition) is 1. The van der Waals surface area contributed by atoms with E-state index in [4.69, 9.17) is 4.74 Å². The van der Waals surface area contributed by atoms with E-state index in [2.05, 4.69) is 20.8 Å². The Hall–Kier alpha value is -0.0400. The van der Waals surface area contributed by atoms with Crippen molar-refractivity contribution in [3.63, 3.8) is 0 Å². The highest BCUT2D eigenvalue weighted by atomic mass is 16.5. The molecule has 1 heteroatoms. The Labute approximate surface area is 76.5 Å². The maximum atomic E-state index is 5.54. The van der Waals surface area contributed by atoms with Crippen molar-refractivity contribution in [2.75, 3.05) is 6.61 Å². The van der Waals surface area contributed by atoms with Crippen molar-refractivity contribution in [1.82, 2.24) is 0 Å². The van der Waals surface area contributed by atoms with Crippen LogP contribution in [-0.4, -0.2) is 12.7 Å². The van der Waals surface area contributed by atoms with Crippen LogP contribution >= 0.6 is 0 Å². The predicted octanol–water partition coefficient (Wildman–Crippen LogP) is 3.24. The Bertz CT molecular complexity index is 120. The van der Waals surface area contributed by atoms with E-state index in [1.54, 1.807) is 0 Å². The van der Waals surface area contributed by atoms with Gasteiger partial charge in [0.1, 0.15) is 0 Å². The second-order valence-corrected chi connectivity index (χ2v) is 4.49. The van der Waals surface area contributed by atoms with Gasteiger partial charge in [0.25, 0.3) is 0 Å². The molecule has 0 aromatic rings. The molecular weight excluding hydrogens is 148 g/mol. The Morgan fingerprint density at radius 3 is 2.58 bits per heavy atom. The third-order valence-electron chi connectivity index (χ3n) is 2.78. The summed E-state index contributed by atoms with van der Waals surface area (Å²) >= 11 is 0. The molecule has 1 nitrogen and oxygen atoms in total. The topological polar surface area (TPSA) is 9.23 Å². The van der Waals surface area contributed by atoms with Crippen molar-refractivity contribution >= 4 is 0 Å². The molecule has 0 bridgehead atoms. The molecule has 0 N–H and O–H groups in total. The van der Waals surface area contributed by atoms with Gasteiger partial charge in [0.05, 0.1) is 6.10 Å². The standard InChI is InChI=1S/C11H22O/c1-9(2)12-7-6-11-5-4-10(3)8-11/h9-11H,4-8H2,1-3H3. The van der Waals surface area contributed by atoms with Crippen LogP contribution in [0.15, 0.2) is 0 Å². The third-order valence-corrected chi connectivity index (χ3v) is 2.78. The molecule has 0 spiro atoms. The minimum atomic E-state index is 0.406. The fraction of sp³-hybridized carbons (Fsp3) is 1.00. The van der Waals surface area contributed by atoms with E-state index >= 15 is 0 Å². The van der Waals surface area contributed by atoms with E-state index < -0.39 is 0 Å². The summed E-state index contributed by atoms with van der Waals surface area (Å²) in [4.78, 5) is 0. The van der Waals surface area contributed by atoms with Crippen LogP contribution in [0.25, 0.3) is 0 Å². The molecule has 12 heavy (non-hydrogen) atoms. The van der Waals surface area contributed by atoms with Gasteiger partial charge in [0.15, 0.2) is 0 Å². The zero-order valence-electron chi connectivity index (χ0n) is 8.68. The molecule has 1 aliphatic rings. The summed E-state index contributed by atoms with van der Waals surface area (Å²) in [5.74, 6) is 1.92. The first-order valence-corrected chi connectivity index (χ1v) is 5.30. The fourth-order valence-electron chi connectivity index (χ4n) is 2.06. The molecule has 72 valence electrons. The van der Waals surface area contributed by atoms with E-state index in [0.29, 0.717) is 6.10 Å². The van der Waals surface area contributed by atoms with Crippen LogP contribution in [0.3, 0.4) is 0 Å². The van der Waals surface area contributed by atoms with Crippen molar-refractivity contribution < 1.29 is 4.74 Å². The predicted molar refractivity (Wildman–Crippen MR) is 52.2 cm³/mol. The van der Waals surface area contributed by atoms with Gasteiger partial charge in [-0.1, -0.05) is 19.8 Å². The molecular formula is C11H22O. The minimum Gasteiger partial charge on any atom is -0.379 e. The Balaban J connectivity index is 2.00. The van der Waals surface area contributed by atoms with Gasteiger partial charge in [-0.15, -0.1) is 0 Å². The van der Waals surface area contributed by atoms with E-state index in [-0.39, 0.29) is 0 Å². The highest BCUT2D eigenvalue weighted by Crippen LogP contribution is 2.32. The lowest BCUT2D eigenvalue weighted by molar-refractivity contribution is 0.0686. The van der Waals surface area contributed by atoms with Crippen LogP contribution in [0, 0.1) is 11.8 Å². The van der Waals surface area contributed by atoms with E-state index in [1.807, 2.05) is 0 Å². The van der Waals surface area contributed by atoms with Gasteiger partial charge in [-0.3, -0.25) is 0 Å². The van der Waals surface area contributed by atoms with Gasteiger partial charge in [0.2, 0.25) is 0 Å². The lowest BCUT2D eigenvalue weighted by Gasteiger charge is -2.11. The monoisotopic (exact) mass is 170 g/mol. The zero-order valence-corrected chi connectivity index (χ0v) is 8.68. The Kier molecular flexibility index (Phi) is 4.07. The molecule has 2 unspecified atom stereocenters. The van der Waals surface area contributed by atoms with Crippen molar-refractivity contribution in [3.8, 4) is 0 Å². The maximum absolute atomic E-state index is 5.54. The van der Waals surface area contributed by atoms with Crippen molar-refractivity contribution in [1.29, 1.82) is 0 Å². The van der Waals surface area contributed by atoms with Crippen LogP contribution in [0.2, 0.25) is 0 Å². The first kappa shape index (κ1) is 10.0. The van der Waals surface area contributed by atoms with Crippen LogP contribution in [-0.2, 0) is 4.74 Å². The van der Waals surface area contributed by atoms with Gasteiger partial charge >= 0.3 is 0 Å². The molecule has 0 aromatic carbocycles. The highest BCUT2D eigenvalue weighted by Gasteiger charge is 2.20. The molecule has 2 atom stereocenters. The van der Waals surface area contributed by atoms with Crippen LogP contribution < -0.4 is 0 Å². The quantitative estimate of drug-likeness (QED) is 0.629. The highest BCUT2D eigenvalue weighted by molar-refractivity contribution is 4.72. The SMILES string of the molecule is CC1CCC(CCOC(C)C)C1. The first-order valence-electron chi connectivity index (χ1n) is 5.30. The molecule has 0 saturated heterocycles. The van der Waals surface area contributed by atoms with Gasteiger partial charge in [-0.2, -0.15) is 0 Å². The van der Waals surface area contributed by atoms with Gasteiger partial charge in [-0.25, -0.2) is 0 Å². The molecule has 0 amide bonds. The molecule has 0 aromatic heterocycles. The summed E-state index contributed by atoms with van der Waals surface area (Å²) in [7, 11) is 0. The summed E-state index contributed by atoms with van der Waals surface area (Å²) in [5.41, 5.74) is 0. The maximum Gasteiger partial charge on any atom is 0.0518 e. The number of ether oxygens (including phenoxy) is 1. The van der Waals surface area contributed by atoms with Crippen LogP contribution in [0.5, 0.6) is 0 Å². The summed E-state index contributed by atoms with van der Waals surface area (Å²) in [6, 6.07) is 0. The van der Waals surface area contributed by atoms with Gasteiger partial charge in [-0.05, 0) is 38.5 Å². The fourth-order valence-corrected chi connectivity index (χ4v) is 2.06. The molecule has 0 heterocycles. The second-order valence-electron chi connectivity index (χ2n) is 4.49. The normalized spacial score (nSPS) is 30.0. The largest absolute Gasteiger partial charge is 0.379 e. The average Bonchev–Trinajstić information content (AvgIpc) is 2.35. The van der Waals surface area contributed by atoms with E-state index in [1.165, 1.54) is 25.7 Å². The summed E-state index contributed by atoms with van der Waals surface area (Å²) in [6.45, 7) is 7.55. The Morgan fingerprint density at radius 2 is 2.08 bits per heavy atom. The van der Waals surface area contributed by atoms with Gasteiger partial charge < -0.3 is 4.74 Å². The summed E-state index contributed by atoms with van der Waals surface area (Å²) in [5, 5.41) is 0. The van der Waals surface area contributed by atoms with Crippen molar-refractivity contribution in [3.05, 3.63) is 0 Å². The van der Waals surface area contributed by atoms with Crippen LogP contribution in [0.1, 0.15) is 46.5 Å². The average molecular weight is 170 g/mol. The second kappa shape index (κ2) is 4.86. The van der Waals surface area contributed by atoms with Gasteiger partial charge in [0, 0.05) is 6.61 Å². The number of rotatable bonds is 4. The van der Waals surface area contributed by atoms with Crippen LogP contribution in [0.4, 0.5) is 0 Å². The summed E-state index contributed by atoms with van der Waals surface area (Å²) < 4.78 is 5.54. The first-order chi connectivity index (χ1) is 5.68. The molecule has 1 rings (SSSR count). The third kappa shape index (κ3) is 3.57. The molecule has 0 aliphatic heterocycles. The zero-order chi connectivity index (χ0) is 8.97. The van der Waals surface area contributed by atoms with Crippen molar-refractivity contribution in [2.45, 2.75) is 52.6 Å².